The number of hydrogen-bond acceptors (Lipinski definition) is 4. The van der Waals surface area contributed by atoms with Crippen LogP contribution in [0.25, 0.3) is 16.8 Å². The molecule has 2 aromatic heterocycles. The second-order valence-corrected chi connectivity index (χ2v) is 8.13. The molecule has 4 rings (SSSR count). The fourth-order valence-corrected chi connectivity index (χ4v) is 3.84. The van der Waals surface area contributed by atoms with E-state index in [1.54, 1.807) is 12.1 Å². The summed E-state index contributed by atoms with van der Waals surface area (Å²) in [6.45, 7) is 5.69. The summed E-state index contributed by atoms with van der Waals surface area (Å²) in [5.74, 6) is -0.879. The molecule has 3 N–H and O–H groups in total. The monoisotopic (exact) mass is 448 g/mol. The molecule has 0 aliphatic carbocycles. The van der Waals surface area contributed by atoms with Crippen molar-refractivity contribution < 1.29 is 14.3 Å². The van der Waals surface area contributed by atoms with Crippen molar-refractivity contribution in [2.45, 2.75) is 33.2 Å². The first kappa shape index (κ1) is 22.4. The number of nitrogens with one attached hydrogen (secondary N) is 2. The molecule has 0 aliphatic heterocycles. The molecule has 8 heteroatoms. The van der Waals surface area contributed by atoms with Gasteiger partial charge in [-0.1, -0.05) is 24.3 Å². The first-order valence-electron chi connectivity index (χ1n) is 10.7. The smallest absolute Gasteiger partial charge is 0.274 e. The average molecular weight is 448 g/mol. The molecule has 0 radical (unpaired) electrons. The molecule has 0 aliphatic rings. The van der Waals surface area contributed by atoms with Crippen LogP contribution in [0.2, 0.25) is 0 Å². The number of aromatic nitrogens is 3. The van der Waals surface area contributed by atoms with Gasteiger partial charge in [0.05, 0.1) is 17.4 Å². The SMILES string of the molecule is Cc1ccc(-c2[nH]c(=O)c3cc(C(=O)N[C@@H](CCO)c4ccc(F)cc4)nn3c2C)cc1C. The molecule has 1 atom stereocenters. The Morgan fingerprint density at radius 2 is 1.85 bits per heavy atom. The predicted octanol–water partition coefficient (Wildman–Crippen LogP) is 3.61. The first-order chi connectivity index (χ1) is 15.8. The Labute approximate surface area is 189 Å². The molecule has 2 heterocycles. The minimum absolute atomic E-state index is 0.0749. The fourth-order valence-electron chi connectivity index (χ4n) is 3.84. The van der Waals surface area contributed by atoms with Gasteiger partial charge in [-0.15, -0.1) is 0 Å². The maximum atomic E-state index is 13.3. The lowest BCUT2D eigenvalue weighted by molar-refractivity contribution is 0.0924. The van der Waals surface area contributed by atoms with Gasteiger partial charge in [-0.2, -0.15) is 5.10 Å². The second-order valence-electron chi connectivity index (χ2n) is 8.13. The molecule has 0 bridgehead atoms. The van der Waals surface area contributed by atoms with E-state index in [9.17, 15) is 19.1 Å². The highest BCUT2D eigenvalue weighted by Gasteiger charge is 2.20. The van der Waals surface area contributed by atoms with Gasteiger partial charge < -0.3 is 15.4 Å². The number of fused-ring (bicyclic) bond motifs is 1. The van der Waals surface area contributed by atoms with Gasteiger partial charge in [0.2, 0.25) is 0 Å². The third-order valence-corrected chi connectivity index (χ3v) is 5.88. The summed E-state index contributed by atoms with van der Waals surface area (Å²) in [5.41, 5.74) is 5.07. The summed E-state index contributed by atoms with van der Waals surface area (Å²) >= 11 is 0. The summed E-state index contributed by atoms with van der Waals surface area (Å²) < 4.78 is 14.7. The molecule has 0 saturated heterocycles. The number of nitrogens with zero attached hydrogens (tertiary/aromatic N) is 2. The third-order valence-electron chi connectivity index (χ3n) is 5.88. The lowest BCUT2D eigenvalue weighted by atomic mass is 10.0. The Morgan fingerprint density at radius 1 is 1.12 bits per heavy atom. The summed E-state index contributed by atoms with van der Waals surface area (Å²) in [5, 5.41) is 16.6. The van der Waals surface area contributed by atoms with Crippen molar-refractivity contribution in [1.29, 1.82) is 0 Å². The van der Waals surface area contributed by atoms with Crippen LogP contribution in [-0.2, 0) is 0 Å². The van der Waals surface area contributed by atoms with E-state index < -0.39 is 11.9 Å². The number of aromatic amines is 1. The van der Waals surface area contributed by atoms with E-state index in [-0.39, 0.29) is 35.6 Å². The standard InChI is InChI=1S/C25H25FN4O3/c1-14-4-5-18(12-15(14)2)23-16(3)30-22(25(33)28-23)13-21(29-30)24(32)27-20(10-11-31)17-6-8-19(26)9-7-17/h4-9,12-13,20,31H,10-11H2,1-3H3,(H,27,32)(H,28,33)/t20-/m0/s1. The number of amides is 1. The molecule has 1 amide bonds. The summed E-state index contributed by atoms with van der Waals surface area (Å²) in [6.07, 6.45) is 0.251. The van der Waals surface area contributed by atoms with Crippen LogP contribution in [0, 0.1) is 26.6 Å². The maximum absolute atomic E-state index is 13.3. The number of aliphatic hydroxyl groups excluding tert-OH is 1. The predicted molar refractivity (Wildman–Crippen MR) is 124 cm³/mol. The van der Waals surface area contributed by atoms with E-state index in [4.69, 9.17) is 0 Å². The summed E-state index contributed by atoms with van der Waals surface area (Å²) in [7, 11) is 0. The van der Waals surface area contributed by atoms with Gasteiger partial charge >= 0.3 is 0 Å². The Hall–Kier alpha value is -3.78. The quantitative estimate of drug-likeness (QED) is 0.420. The molecule has 0 spiro atoms. The molecule has 4 aromatic rings. The van der Waals surface area contributed by atoms with E-state index in [0.29, 0.717) is 17.0 Å². The van der Waals surface area contributed by atoms with Crippen LogP contribution in [0.1, 0.15) is 45.3 Å². The molecule has 170 valence electrons. The molecule has 0 fully saturated rings. The summed E-state index contributed by atoms with van der Waals surface area (Å²) in [6, 6.07) is 12.6. The lowest BCUT2D eigenvalue weighted by Crippen LogP contribution is -2.29. The normalized spacial score (nSPS) is 12.2. The van der Waals surface area contributed by atoms with E-state index in [1.165, 1.54) is 22.7 Å². The molecular formula is C25H25FN4O3. The number of hydrogen-bond donors (Lipinski definition) is 3. The van der Waals surface area contributed by atoms with Crippen molar-refractivity contribution in [3.8, 4) is 11.3 Å². The molecular weight excluding hydrogens is 423 g/mol. The molecule has 2 aromatic carbocycles. The zero-order chi connectivity index (χ0) is 23.7. The Bertz CT molecular complexity index is 1390. The Kier molecular flexibility index (Phi) is 6.11. The number of halogens is 1. The van der Waals surface area contributed by atoms with Gasteiger partial charge in [0, 0.05) is 18.2 Å². The highest BCUT2D eigenvalue weighted by molar-refractivity contribution is 5.93. The van der Waals surface area contributed by atoms with E-state index in [1.807, 2.05) is 39.0 Å². The lowest BCUT2D eigenvalue weighted by Gasteiger charge is -2.17. The van der Waals surface area contributed by atoms with Crippen molar-refractivity contribution in [1.82, 2.24) is 19.9 Å². The largest absolute Gasteiger partial charge is 0.396 e. The van der Waals surface area contributed by atoms with Crippen LogP contribution in [0.3, 0.4) is 0 Å². The number of carbonyl (C=O) groups is 1. The third kappa shape index (κ3) is 4.42. The van der Waals surface area contributed by atoms with Gasteiger partial charge in [-0.3, -0.25) is 9.59 Å². The first-order valence-corrected chi connectivity index (χ1v) is 10.7. The van der Waals surface area contributed by atoms with Gasteiger partial charge in [-0.25, -0.2) is 8.91 Å². The van der Waals surface area contributed by atoms with E-state index in [2.05, 4.69) is 15.4 Å². The Balaban J connectivity index is 1.69. The van der Waals surface area contributed by atoms with Crippen LogP contribution in [0.4, 0.5) is 4.39 Å². The Morgan fingerprint density at radius 3 is 2.52 bits per heavy atom. The van der Waals surface area contributed by atoms with Crippen LogP contribution in [0.5, 0.6) is 0 Å². The topological polar surface area (TPSA) is 99.5 Å². The molecule has 7 nitrogen and oxygen atoms in total. The number of aliphatic hydroxyl groups is 1. The van der Waals surface area contributed by atoms with Crippen molar-refractivity contribution in [3.63, 3.8) is 0 Å². The average Bonchev–Trinajstić information content (AvgIpc) is 3.25. The van der Waals surface area contributed by atoms with Crippen LogP contribution in [-0.4, -0.2) is 32.2 Å². The van der Waals surface area contributed by atoms with Gasteiger partial charge in [0.1, 0.15) is 11.3 Å². The van der Waals surface area contributed by atoms with Gasteiger partial charge in [0.15, 0.2) is 5.69 Å². The van der Waals surface area contributed by atoms with Crippen LogP contribution < -0.4 is 10.9 Å². The molecule has 0 saturated carbocycles. The number of aryl methyl sites for hydroxylation is 3. The van der Waals surface area contributed by atoms with Crippen molar-refractivity contribution in [3.05, 3.63) is 92.8 Å². The minimum atomic E-state index is -0.529. The molecule has 0 unspecified atom stereocenters. The van der Waals surface area contributed by atoms with E-state index in [0.717, 1.165) is 16.7 Å². The number of carbonyl (C=O) groups excluding carboxylic acids is 1. The second kappa shape index (κ2) is 8.99. The van der Waals surface area contributed by atoms with Crippen molar-refractivity contribution in [2.75, 3.05) is 6.61 Å². The number of rotatable bonds is 6. The van der Waals surface area contributed by atoms with Gasteiger partial charge in [0.25, 0.3) is 11.5 Å². The van der Waals surface area contributed by atoms with E-state index >= 15 is 0 Å². The zero-order valence-electron chi connectivity index (χ0n) is 18.6. The zero-order valence-corrected chi connectivity index (χ0v) is 18.6. The maximum Gasteiger partial charge on any atom is 0.274 e. The summed E-state index contributed by atoms with van der Waals surface area (Å²) in [4.78, 5) is 28.6. The molecule has 33 heavy (non-hydrogen) atoms. The minimum Gasteiger partial charge on any atom is -0.396 e. The van der Waals surface area contributed by atoms with Gasteiger partial charge in [-0.05, 0) is 62.1 Å². The van der Waals surface area contributed by atoms with Crippen molar-refractivity contribution in [2.24, 2.45) is 0 Å². The highest BCUT2D eigenvalue weighted by Crippen LogP contribution is 2.23. The fraction of sp³-hybridized carbons (Fsp3) is 0.240. The highest BCUT2D eigenvalue weighted by atomic mass is 19.1. The number of benzene rings is 2. The van der Waals surface area contributed by atoms with Crippen LogP contribution in [0.15, 0.2) is 53.3 Å². The van der Waals surface area contributed by atoms with Crippen LogP contribution >= 0.6 is 0 Å². The van der Waals surface area contributed by atoms with Crippen molar-refractivity contribution >= 4 is 11.4 Å². The number of H-pyrrole nitrogens is 1.